The molecule has 36 heavy (non-hydrogen) atoms. The van der Waals surface area contributed by atoms with Gasteiger partial charge in [0, 0.05) is 19.0 Å². The Morgan fingerprint density at radius 1 is 1.17 bits per heavy atom. The van der Waals surface area contributed by atoms with E-state index in [1.54, 1.807) is 17.1 Å². The fourth-order valence-electron chi connectivity index (χ4n) is 3.82. The number of alkyl halides is 1. The smallest absolute Gasteiger partial charge is 0.410 e. The maximum Gasteiger partial charge on any atom is 0.410 e. The van der Waals surface area contributed by atoms with Gasteiger partial charge in [-0.1, -0.05) is 66.8 Å². The molecule has 4 nitrogen and oxygen atoms in total. The summed E-state index contributed by atoms with van der Waals surface area (Å²) in [7, 11) is 0. The third kappa shape index (κ3) is 9.03. The Hall–Kier alpha value is -3.34. The maximum atomic E-state index is 13.1. The summed E-state index contributed by atoms with van der Waals surface area (Å²) in [4.78, 5) is 14.0. The summed E-state index contributed by atoms with van der Waals surface area (Å²) in [5.74, 6) is 0.365. The molecule has 1 aromatic rings. The fraction of sp³-hybridized carbons (Fsp3) is 0.387. The Labute approximate surface area is 215 Å². The van der Waals surface area contributed by atoms with E-state index in [1.807, 2.05) is 64.1 Å². The van der Waals surface area contributed by atoms with Crippen LogP contribution in [-0.4, -0.2) is 41.5 Å². The molecule has 0 aromatic heterocycles. The molecule has 5 heteroatoms. The molecular formula is C31H40FNO3. The molecule has 0 atom stereocenters. The molecule has 0 spiro atoms. The summed E-state index contributed by atoms with van der Waals surface area (Å²) in [6.07, 6.45) is 11.6. The Balaban J connectivity index is 2.32. The third-order valence-corrected chi connectivity index (χ3v) is 5.95. The van der Waals surface area contributed by atoms with Crippen LogP contribution in [-0.2, 0) is 4.74 Å². The first-order valence-corrected chi connectivity index (χ1v) is 12.4. The van der Waals surface area contributed by atoms with Gasteiger partial charge in [0.1, 0.15) is 11.4 Å². The van der Waals surface area contributed by atoms with Gasteiger partial charge < -0.3 is 14.7 Å². The van der Waals surface area contributed by atoms with Gasteiger partial charge >= 0.3 is 6.09 Å². The monoisotopic (exact) mass is 493 g/mol. The number of aliphatic hydroxyl groups is 1. The van der Waals surface area contributed by atoms with Crippen LogP contribution < -0.4 is 0 Å². The number of aliphatic hydroxyl groups excluding tert-OH is 1. The van der Waals surface area contributed by atoms with Crippen LogP contribution in [0.25, 0.3) is 5.57 Å². The summed E-state index contributed by atoms with van der Waals surface area (Å²) in [5, 5.41) is 9.77. The summed E-state index contributed by atoms with van der Waals surface area (Å²) in [6.45, 7) is 14.2. The zero-order valence-electron chi connectivity index (χ0n) is 22.3. The van der Waals surface area contributed by atoms with Crippen LogP contribution in [0.3, 0.4) is 0 Å². The minimum Gasteiger partial charge on any atom is -0.508 e. The average Bonchev–Trinajstić information content (AvgIpc) is 2.79. The van der Waals surface area contributed by atoms with Gasteiger partial charge in [0.2, 0.25) is 0 Å². The zero-order valence-corrected chi connectivity index (χ0v) is 22.3. The molecular weight excluding hydrogens is 453 g/mol. The Kier molecular flexibility index (Phi) is 11.0. The van der Waals surface area contributed by atoms with Crippen LogP contribution in [0, 0.1) is 5.92 Å². The maximum absolute atomic E-state index is 13.1. The topological polar surface area (TPSA) is 49.8 Å². The van der Waals surface area contributed by atoms with E-state index in [0.717, 1.165) is 22.3 Å². The molecule has 1 aliphatic rings. The van der Waals surface area contributed by atoms with Crippen molar-refractivity contribution in [3.63, 3.8) is 0 Å². The van der Waals surface area contributed by atoms with Crippen LogP contribution in [0.5, 0.6) is 0 Å². The van der Waals surface area contributed by atoms with Crippen molar-refractivity contribution in [1.29, 1.82) is 0 Å². The van der Waals surface area contributed by atoms with E-state index in [1.165, 1.54) is 11.6 Å². The van der Waals surface area contributed by atoms with Gasteiger partial charge in [-0.15, -0.1) is 0 Å². The molecule has 0 saturated carbocycles. The van der Waals surface area contributed by atoms with Crippen molar-refractivity contribution in [2.45, 2.75) is 53.1 Å². The molecule has 1 fully saturated rings. The van der Waals surface area contributed by atoms with Crippen molar-refractivity contribution >= 4 is 11.7 Å². The number of ether oxygens (including phenoxy) is 1. The second-order valence-electron chi connectivity index (χ2n) is 10.0. The fourth-order valence-corrected chi connectivity index (χ4v) is 3.82. The number of benzene rings is 1. The summed E-state index contributed by atoms with van der Waals surface area (Å²) < 4.78 is 18.6. The molecule has 1 aliphatic heterocycles. The number of halogens is 1. The largest absolute Gasteiger partial charge is 0.508 e. The lowest BCUT2D eigenvalue weighted by Crippen LogP contribution is -2.51. The Morgan fingerprint density at radius 2 is 1.83 bits per heavy atom. The highest BCUT2D eigenvalue weighted by Crippen LogP contribution is 2.30. The second-order valence-corrected chi connectivity index (χ2v) is 10.0. The number of hydrogen-bond donors (Lipinski definition) is 1. The molecule has 2 rings (SSSR count). The zero-order chi connectivity index (χ0) is 26.7. The van der Waals surface area contributed by atoms with Gasteiger partial charge in [0.15, 0.2) is 0 Å². The van der Waals surface area contributed by atoms with Gasteiger partial charge in [-0.25, -0.2) is 4.79 Å². The summed E-state index contributed by atoms with van der Waals surface area (Å²) in [6, 6.07) is 9.99. The predicted octanol–water partition coefficient (Wildman–Crippen LogP) is 8.13. The first kappa shape index (κ1) is 28.9. The van der Waals surface area contributed by atoms with Crippen LogP contribution >= 0.6 is 0 Å². The van der Waals surface area contributed by atoms with Crippen LogP contribution in [0.15, 0.2) is 95.8 Å². The molecule has 0 aliphatic carbocycles. The SMILES string of the molecule is C=C\C(O)=C/C=C\C(=C(/CCCF)c1ccccc1)C(\C)=C\C=C(/C)C1CN(C(=O)OC(C)(C)C)C1. The third-order valence-electron chi connectivity index (χ3n) is 5.95. The molecule has 194 valence electrons. The van der Waals surface area contributed by atoms with Crippen molar-refractivity contribution in [2.75, 3.05) is 19.8 Å². The molecule has 0 radical (unpaired) electrons. The first-order chi connectivity index (χ1) is 17.1. The number of rotatable bonds is 10. The first-order valence-electron chi connectivity index (χ1n) is 12.4. The molecule has 0 unspecified atom stereocenters. The van der Waals surface area contributed by atoms with Gasteiger partial charge in [-0.05, 0) is 81.9 Å². The van der Waals surface area contributed by atoms with Gasteiger partial charge in [-0.2, -0.15) is 0 Å². The highest BCUT2D eigenvalue weighted by molar-refractivity contribution is 5.75. The summed E-state index contributed by atoms with van der Waals surface area (Å²) in [5.41, 5.74) is 4.79. The number of carbonyl (C=O) groups excluding carboxylic acids is 1. The number of hydrogen-bond acceptors (Lipinski definition) is 3. The van der Waals surface area contributed by atoms with Crippen molar-refractivity contribution in [3.05, 3.63) is 101 Å². The van der Waals surface area contributed by atoms with E-state index in [4.69, 9.17) is 4.74 Å². The number of allylic oxidation sites excluding steroid dienone is 9. The summed E-state index contributed by atoms with van der Waals surface area (Å²) >= 11 is 0. The quantitative estimate of drug-likeness (QED) is 0.264. The molecule has 1 amide bonds. The lowest BCUT2D eigenvalue weighted by molar-refractivity contribution is 0.00371. The van der Waals surface area contributed by atoms with Crippen LogP contribution in [0.2, 0.25) is 0 Å². The molecule has 1 heterocycles. The minimum atomic E-state index is -0.501. The van der Waals surface area contributed by atoms with Crippen LogP contribution in [0.1, 0.15) is 53.0 Å². The standard InChI is InChI=1S/C31H40FNO3/c1-7-27(34)15-11-16-28(29(17-12-20-32)25-13-9-8-10-14-25)24(3)19-18-23(2)26-21-33(22-26)30(35)36-31(4,5)6/h7-11,13-16,18-19,26,34H,1,12,17,20-22H2,2-6H3/b16-11-,23-18+,24-19+,27-15+,29-28-. The van der Waals surface area contributed by atoms with E-state index in [-0.39, 0.29) is 24.4 Å². The number of carbonyl (C=O) groups is 1. The lowest BCUT2D eigenvalue weighted by Gasteiger charge is -2.40. The van der Waals surface area contributed by atoms with E-state index < -0.39 is 5.60 Å². The Morgan fingerprint density at radius 3 is 2.42 bits per heavy atom. The Bertz CT molecular complexity index is 1050. The minimum absolute atomic E-state index is 0.0764. The second kappa shape index (κ2) is 13.7. The van der Waals surface area contributed by atoms with Crippen molar-refractivity contribution < 1.29 is 19.0 Å². The van der Waals surface area contributed by atoms with E-state index in [0.29, 0.717) is 25.9 Å². The molecule has 0 bridgehead atoms. The van der Waals surface area contributed by atoms with E-state index in [9.17, 15) is 14.3 Å². The molecule has 1 N–H and O–H groups in total. The van der Waals surface area contributed by atoms with Gasteiger partial charge in [0.05, 0.1) is 6.67 Å². The number of amides is 1. The van der Waals surface area contributed by atoms with Gasteiger partial charge in [-0.3, -0.25) is 4.39 Å². The number of likely N-dealkylation sites (tertiary alicyclic amines) is 1. The highest BCUT2D eigenvalue weighted by Gasteiger charge is 2.34. The van der Waals surface area contributed by atoms with Crippen LogP contribution in [0.4, 0.5) is 9.18 Å². The van der Waals surface area contributed by atoms with Crippen molar-refractivity contribution in [3.8, 4) is 0 Å². The average molecular weight is 494 g/mol. The van der Waals surface area contributed by atoms with E-state index >= 15 is 0 Å². The van der Waals surface area contributed by atoms with Crippen molar-refractivity contribution in [2.24, 2.45) is 5.92 Å². The molecule has 1 saturated heterocycles. The van der Waals surface area contributed by atoms with Gasteiger partial charge in [0.25, 0.3) is 0 Å². The number of nitrogens with zero attached hydrogens (tertiary/aromatic N) is 1. The highest BCUT2D eigenvalue weighted by atomic mass is 19.1. The normalized spacial score (nSPS) is 16.6. The lowest BCUT2D eigenvalue weighted by atomic mass is 9.89. The van der Waals surface area contributed by atoms with E-state index in [2.05, 4.69) is 25.7 Å². The van der Waals surface area contributed by atoms with Crippen molar-refractivity contribution in [1.82, 2.24) is 4.90 Å². The molecule has 1 aromatic carbocycles. The predicted molar refractivity (Wildman–Crippen MR) is 147 cm³/mol.